The van der Waals surface area contributed by atoms with E-state index < -0.39 is 26.5 Å². The molecule has 0 aromatic heterocycles. The van der Waals surface area contributed by atoms with Crippen LogP contribution in [0.4, 0.5) is 0 Å². The molecule has 1 N–H and O–H groups in total. The average Bonchev–Trinajstić information content (AvgIpc) is 3.25. The smallest absolute Gasteiger partial charge is 0.462 e. The third-order valence-electron chi connectivity index (χ3n) is 11.6. The molecule has 0 aliphatic rings. The maximum atomic E-state index is 12.8. The molecule has 0 saturated heterocycles. The van der Waals surface area contributed by atoms with Gasteiger partial charge in [0.15, 0.2) is 6.10 Å². The Balaban J connectivity index is 4.22. The summed E-state index contributed by atoms with van der Waals surface area (Å²) < 4.78 is 34.5. The Morgan fingerprint density at radius 2 is 0.844 bits per heavy atom. The van der Waals surface area contributed by atoms with Gasteiger partial charge in [-0.3, -0.25) is 18.6 Å². The van der Waals surface area contributed by atoms with E-state index in [-0.39, 0.29) is 32.0 Å². The van der Waals surface area contributed by atoms with Gasteiger partial charge < -0.3 is 18.9 Å². The van der Waals surface area contributed by atoms with Gasteiger partial charge in [-0.05, 0) is 70.6 Å². The fourth-order valence-corrected chi connectivity index (χ4v) is 8.19. The summed E-state index contributed by atoms with van der Waals surface area (Å²) in [6.07, 6.45) is 54.8. The molecule has 9 nitrogen and oxygen atoms in total. The fraction of sp³-hybridized carbons (Fsp3) is 0.852. The highest BCUT2D eigenvalue weighted by Crippen LogP contribution is 2.43. The van der Waals surface area contributed by atoms with Crippen LogP contribution in [0.3, 0.4) is 0 Å². The van der Waals surface area contributed by atoms with Crippen LogP contribution in [-0.4, -0.2) is 74.9 Å². The highest BCUT2D eigenvalue weighted by molar-refractivity contribution is 7.47. The van der Waals surface area contributed by atoms with Crippen molar-refractivity contribution in [3.8, 4) is 0 Å². The van der Waals surface area contributed by atoms with E-state index in [4.69, 9.17) is 18.5 Å². The first-order valence-corrected chi connectivity index (χ1v) is 28.2. The van der Waals surface area contributed by atoms with Crippen LogP contribution < -0.4 is 0 Å². The number of carbonyl (C=O) groups is 2. The molecule has 0 saturated carbocycles. The van der Waals surface area contributed by atoms with Crippen LogP contribution in [0.25, 0.3) is 0 Å². The number of unbranched alkanes of at least 4 members (excludes halogenated alkanes) is 29. The van der Waals surface area contributed by atoms with Crippen molar-refractivity contribution < 1.29 is 42.1 Å². The number of nitrogens with zero attached hydrogens (tertiary/aromatic N) is 1. The van der Waals surface area contributed by atoms with E-state index in [0.29, 0.717) is 17.4 Å². The first-order valence-electron chi connectivity index (χ1n) is 26.7. The van der Waals surface area contributed by atoms with E-state index in [2.05, 4.69) is 50.3 Å². The molecule has 2 atom stereocenters. The van der Waals surface area contributed by atoms with E-state index >= 15 is 0 Å². The predicted octanol–water partition coefficient (Wildman–Crippen LogP) is 16.0. The van der Waals surface area contributed by atoms with Gasteiger partial charge in [-0.1, -0.05) is 198 Å². The molecule has 376 valence electrons. The number of phosphoric ester groups is 1. The Labute approximate surface area is 395 Å². The van der Waals surface area contributed by atoms with E-state index in [0.717, 1.165) is 51.4 Å². The molecule has 0 aromatic rings. The first-order chi connectivity index (χ1) is 31.0. The topological polar surface area (TPSA) is 108 Å². The maximum Gasteiger partial charge on any atom is 0.472 e. The SMILES string of the molecule is CCCCC/C=C\C/C=C\CCCCCCCCCCCC(=O)OC(COC(=O)CCCCCCCCCCC/C=C\CCCCCCCCCC)COP(=O)(O)OCC[N+](C)(C)C. The van der Waals surface area contributed by atoms with Crippen molar-refractivity contribution in [1.29, 1.82) is 0 Å². The van der Waals surface area contributed by atoms with Crippen molar-refractivity contribution in [1.82, 2.24) is 0 Å². The summed E-state index contributed by atoms with van der Waals surface area (Å²) in [5.74, 6) is -0.797. The van der Waals surface area contributed by atoms with E-state index in [1.807, 2.05) is 21.1 Å². The lowest BCUT2D eigenvalue weighted by molar-refractivity contribution is -0.870. The summed E-state index contributed by atoms with van der Waals surface area (Å²) >= 11 is 0. The lowest BCUT2D eigenvalue weighted by atomic mass is 10.1. The van der Waals surface area contributed by atoms with Gasteiger partial charge in [0.2, 0.25) is 0 Å². The van der Waals surface area contributed by atoms with Crippen LogP contribution in [0, 0.1) is 0 Å². The molecule has 0 fully saturated rings. The Kier molecular flexibility index (Phi) is 45.1. The van der Waals surface area contributed by atoms with Crippen LogP contribution in [-0.2, 0) is 32.7 Å². The number of phosphoric acid groups is 1. The number of hydrogen-bond acceptors (Lipinski definition) is 7. The third kappa shape index (κ3) is 49.7. The number of carbonyl (C=O) groups excluding carboxylic acids is 2. The van der Waals surface area contributed by atoms with Gasteiger partial charge in [0.1, 0.15) is 19.8 Å². The van der Waals surface area contributed by atoms with Crippen molar-refractivity contribution >= 4 is 19.8 Å². The highest BCUT2D eigenvalue weighted by Gasteiger charge is 2.27. The van der Waals surface area contributed by atoms with Gasteiger partial charge in [-0.15, -0.1) is 0 Å². The predicted molar refractivity (Wildman–Crippen MR) is 270 cm³/mol. The van der Waals surface area contributed by atoms with Gasteiger partial charge in [0.05, 0.1) is 27.7 Å². The zero-order valence-electron chi connectivity index (χ0n) is 42.5. The highest BCUT2D eigenvalue weighted by atomic mass is 31.2. The lowest BCUT2D eigenvalue weighted by Crippen LogP contribution is -2.37. The summed E-state index contributed by atoms with van der Waals surface area (Å²) in [6.45, 7) is 4.43. The fourth-order valence-electron chi connectivity index (χ4n) is 7.45. The number of rotatable bonds is 49. The van der Waals surface area contributed by atoms with Crippen molar-refractivity contribution in [2.45, 2.75) is 251 Å². The van der Waals surface area contributed by atoms with Gasteiger partial charge in [-0.25, -0.2) is 4.57 Å². The molecule has 0 heterocycles. The lowest BCUT2D eigenvalue weighted by Gasteiger charge is -2.24. The molecular weight excluding hydrogens is 822 g/mol. The molecule has 0 bridgehead atoms. The maximum absolute atomic E-state index is 12.8. The van der Waals surface area contributed by atoms with Crippen molar-refractivity contribution in [2.75, 3.05) is 47.5 Å². The Bertz CT molecular complexity index is 1180. The molecule has 2 unspecified atom stereocenters. The molecule has 0 aliphatic carbocycles. The van der Waals surface area contributed by atoms with Crippen LogP contribution in [0.15, 0.2) is 36.5 Å². The number of esters is 2. The number of quaternary nitrogens is 1. The van der Waals surface area contributed by atoms with Gasteiger partial charge in [0.25, 0.3) is 0 Å². The van der Waals surface area contributed by atoms with Gasteiger partial charge in [-0.2, -0.15) is 0 Å². The average molecular weight is 925 g/mol. The largest absolute Gasteiger partial charge is 0.472 e. The molecule has 0 amide bonds. The quantitative estimate of drug-likeness (QED) is 0.0211. The third-order valence-corrected chi connectivity index (χ3v) is 12.6. The van der Waals surface area contributed by atoms with E-state index in [1.54, 1.807) is 0 Å². The van der Waals surface area contributed by atoms with Gasteiger partial charge >= 0.3 is 19.8 Å². The van der Waals surface area contributed by atoms with Crippen LogP contribution in [0.2, 0.25) is 0 Å². The summed E-state index contributed by atoms with van der Waals surface area (Å²) in [5.41, 5.74) is 0. The van der Waals surface area contributed by atoms with Crippen LogP contribution >= 0.6 is 7.82 Å². The second-order valence-electron chi connectivity index (χ2n) is 19.3. The van der Waals surface area contributed by atoms with Crippen LogP contribution in [0.5, 0.6) is 0 Å². The Hall–Kier alpha value is -1.77. The zero-order valence-corrected chi connectivity index (χ0v) is 43.4. The molecule has 0 rings (SSSR count). The standard InChI is InChI=1S/C54H102NO8P/c1-6-8-10-12-14-16-18-20-22-24-26-27-29-30-32-34-36-38-40-42-44-46-53(56)60-50-52(51-62-64(58,59)61-49-48-55(3,4)5)63-54(57)47-45-43-41-39-37-35-33-31-28-25-23-21-19-17-15-13-11-9-7-2/h15,17,21,23-24,26,52H,6-14,16,18-20,22,25,27-51H2,1-5H3/p+1/b17-15-,23-21-,26-24-. The number of ether oxygens (including phenoxy) is 2. The van der Waals surface area contributed by atoms with Crippen molar-refractivity contribution in [3.63, 3.8) is 0 Å². The summed E-state index contributed by atoms with van der Waals surface area (Å²) in [7, 11) is 1.48. The number of likely N-dealkylation sites (N-methyl/N-ethyl adjacent to an activating group) is 1. The molecule has 0 aliphatic heterocycles. The minimum atomic E-state index is -4.38. The minimum absolute atomic E-state index is 0.0310. The minimum Gasteiger partial charge on any atom is -0.462 e. The molecule has 64 heavy (non-hydrogen) atoms. The second-order valence-corrected chi connectivity index (χ2v) is 20.7. The number of hydrogen-bond donors (Lipinski definition) is 1. The second kappa shape index (κ2) is 46.3. The normalized spacial score (nSPS) is 13.7. The first kappa shape index (κ1) is 62.2. The molecule has 0 spiro atoms. The summed E-state index contributed by atoms with van der Waals surface area (Å²) in [6, 6.07) is 0. The van der Waals surface area contributed by atoms with Crippen molar-refractivity contribution in [3.05, 3.63) is 36.5 Å². The van der Waals surface area contributed by atoms with Crippen LogP contribution in [0.1, 0.15) is 245 Å². The monoisotopic (exact) mass is 925 g/mol. The Morgan fingerprint density at radius 3 is 1.28 bits per heavy atom. The Morgan fingerprint density at radius 1 is 0.484 bits per heavy atom. The zero-order chi connectivity index (χ0) is 47.1. The summed E-state index contributed by atoms with van der Waals surface area (Å²) in [5, 5.41) is 0. The molecule has 0 aromatic carbocycles. The van der Waals surface area contributed by atoms with Crippen molar-refractivity contribution in [2.24, 2.45) is 0 Å². The molecular formula is C54H103NO8P+. The number of allylic oxidation sites excluding steroid dienone is 6. The van der Waals surface area contributed by atoms with E-state index in [1.165, 1.54) is 161 Å². The van der Waals surface area contributed by atoms with E-state index in [9.17, 15) is 19.0 Å². The van der Waals surface area contributed by atoms with Gasteiger partial charge in [0, 0.05) is 12.8 Å². The molecule has 10 heteroatoms. The molecule has 0 radical (unpaired) electrons. The summed E-state index contributed by atoms with van der Waals surface area (Å²) in [4.78, 5) is 35.6.